The minimum Gasteiger partial charge on any atom is -0.496 e. The van der Waals surface area contributed by atoms with E-state index in [1.165, 1.54) is 0 Å². The van der Waals surface area contributed by atoms with E-state index in [0.717, 1.165) is 22.6 Å². The smallest absolute Gasteiger partial charge is 0.125 e. The number of ether oxygens (including phenoxy) is 2. The third-order valence-corrected chi connectivity index (χ3v) is 1.90. The van der Waals surface area contributed by atoms with Crippen LogP contribution in [0.2, 0.25) is 0 Å². The number of hydrogen-bond donors (Lipinski definition) is 0. The van der Waals surface area contributed by atoms with Crippen LogP contribution in [0.1, 0.15) is 11.1 Å². The Labute approximate surface area is 73.1 Å². The summed E-state index contributed by atoms with van der Waals surface area (Å²) >= 11 is 0. The second kappa shape index (κ2) is 3.48. The molecule has 0 fully saturated rings. The van der Waals surface area contributed by atoms with Gasteiger partial charge in [0.15, 0.2) is 0 Å². The number of hydrogen-bond acceptors (Lipinski definition) is 2. The highest BCUT2D eigenvalue weighted by Crippen LogP contribution is 2.28. The van der Waals surface area contributed by atoms with Gasteiger partial charge in [0.1, 0.15) is 11.5 Å². The van der Waals surface area contributed by atoms with Crippen molar-refractivity contribution >= 4 is 0 Å². The zero-order chi connectivity index (χ0) is 9.14. The molecule has 0 N–H and O–H groups in total. The first kappa shape index (κ1) is 8.91. The molecule has 0 aromatic heterocycles. The standard InChI is InChI=1S/C10H14O2/c1-7-5-9(11-3)8(2)10(6-7)12-4/h5-6H,1-4H3. The van der Waals surface area contributed by atoms with Crippen LogP contribution in [0, 0.1) is 13.8 Å². The van der Waals surface area contributed by atoms with Crippen molar-refractivity contribution in [2.45, 2.75) is 13.8 Å². The molecule has 0 aliphatic heterocycles. The van der Waals surface area contributed by atoms with E-state index in [2.05, 4.69) is 0 Å². The van der Waals surface area contributed by atoms with Crippen LogP contribution in [0.5, 0.6) is 11.5 Å². The van der Waals surface area contributed by atoms with Crippen molar-refractivity contribution < 1.29 is 9.47 Å². The zero-order valence-electron chi connectivity index (χ0n) is 7.97. The van der Waals surface area contributed by atoms with Crippen molar-refractivity contribution in [3.63, 3.8) is 0 Å². The van der Waals surface area contributed by atoms with Gasteiger partial charge in [-0.3, -0.25) is 0 Å². The lowest BCUT2D eigenvalue weighted by molar-refractivity contribution is 0.388. The fourth-order valence-corrected chi connectivity index (χ4v) is 1.22. The van der Waals surface area contributed by atoms with Crippen LogP contribution < -0.4 is 9.47 Å². The van der Waals surface area contributed by atoms with Gasteiger partial charge in [0.25, 0.3) is 0 Å². The summed E-state index contributed by atoms with van der Waals surface area (Å²) in [6.45, 7) is 4.00. The maximum absolute atomic E-state index is 5.19. The van der Waals surface area contributed by atoms with Gasteiger partial charge >= 0.3 is 0 Å². The van der Waals surface area contributed by atoms with Gasteiger partial charge in [-0.15, -0.1) is 0 Å². The van der Waals surface area contributed by atoms with Crippen molar-refractivity contribution in [3.05, 3.63) is 23.3 Å². The van der Waals surface area contributed by atoms with Gasteiger partial charge < -0.3 is 9.47 Å². The number of rotatable bonds is 2. The Balaban J connectivity index is 3.22. The van der Waals surface area contributed by atoms with E-state index in [0.29, 0.717) is 0 Å². The fraction of sp³-hybridized carbons (Fsp3) is 0.400. The molecule has 2 heteroatoms. The van der Waals surface area contributed by atoms with E-state index in [-0.39, 0.29) is 0 Å². The molecule has 0 unspecified atom stereocenters. The second-order valence-electron chi connectivity index (χ2n) is 2.79. The summed E-state index contributed by atoms with van der Waals surface area (Å²) < 4.78 is 10.4. The average molecular weight is 166 g/mol. The molecule has 0 amide bonds. The molecular weight excluding hydrogens is 152 g/mol. The van der Waals surface area contributed by atoms with Crippen LogP contribution in [-0.2, 0) is 0 Å². The molecule has 0 radical (unpaired) electrons. The number of methoxy groups -OCH3 is 2. The molecule has 0 bridgehead atoms. The van der Waals surface area contributed by atoms with Crippen molar-refractivity contribution in [3.8, 4) is 11.5 Å². The molecule has 0 aliphatic carbocycles. The highest BCUT2D eigenvalue weighted by Gasteiger charge is 2.05. The van der Waals surface area contributed by atoms with Gasteiger partial charge in [0.2, 0.25) is 0 Å². The molecular formula is C10H14O2. The number of benzene rings is 1. The molecule has 0 heterocycles. The van der Waals surface area contributed by atoms with Gasteiger partial charge in [-0.05, 0) is 31.5 Å². The van der Waals surface area contributed by atoms with E-state index in [1.807, 2.05) is 26.0 Å². The molecule has 2 nitrogen and oxygen atoms in total. The molecule has 1 aromatic rings. The number of aryl methyl sites for hydroxylation is 1. The first-order chi connectivity index (χ1) is 5.69. The Hall–Kier alpha value is -1.18. The van der Waals surface area contributed by atoms with Crippen molar-refractivity contribution in [2.75, 3.05) is 14.2 Å². The zero-order valence-corrected chi connectivity index (χ0v) is 7.97. The van der Waals surface area contributed by atoms with E-state index in [4.69, 9.17) is 9.47 Å². The van der Waals surface area contributed by atoms with Crippen molar-refractivity contribution in [1.29, 1.82) is 0 Å². The topological polar surface area (TPSA) is 18.5 Å². The maximum Gasteiger partial charge on any atom is 0.125 e. The summed E-state index contributed by atoms with van der Waals surface area (Å²) in [6, 6.07) is 4.00. The highest BCUT2D eigenvalue weighted by atomic mass is 16.5. The summed E-state index contributed by atoms with van der Waals surface area (Å²) in [5.74, 6) is 1.76. The summed E-state index contributed by atoms with van der Waals surface area (Å²) in [4.78, 5) is 0. The van der Waals surface area contributed by atoms with Crippen LogP contribution in [0.3, 0.4) is 0 Å². The minimum absolute atomic E-state index is 0.881. The molecule has 1 aromatic carbocycles. The molecule has 66 valence electrons. The van der Waals surface area contributed by atoms with Crippen LogP contribution >= 0.6 is 0 Å². The largest absolute Gasteiger partial charge is 0.496 e. The highest BCUT2D eigenvalue weighted by molar-refractivity contribution is 5.46. The quantitative estimate of drug-likeness (QED) is 0.671. The lowest BCUT2D eigenvalue weighted by atomic mass is 10.1. The van der Waals surface area contributed by atoms with Crippen LogP contribution in [0.4, 0.5) is 0 Å². The predicted molar refractivity (Wildman–Crippen MR) is 49.0 cm³/mol. The van der Waals surface area contributed by atoms with Crippen LogP contribution in [-0.4, -0.2) is 14.2 Å². The molecule has 0 aliphatic rings. The molecule has 0 atom stereocenters. The van der Waals surface area contributed by atoms with Gasteiger partial charge in [0.05, 0.1) is 14.2 Å². The monoisotopic (exact) mass is 166 g/mol. The van der Waals surface area contributed by atoms with Crippen LogP contribution in [0.15, 0.2) is 12.1 Å². The van der Waals surface area contributed by atoms with Gasteiger partial charge in [-0.1, -0.05) is 0 Å². The Kier molecular flexibility index (Phi) is 2.58. The third-order valence-electron chi connectivity index (χ3n) is 1.90. The molecule has 12 heavy (non-hydrogen) atoms. The van der Waals surface area contributed by atoms with Gasteiger partial charge in [-0.25, -0.2) is 0 Å². The van der Waals surface area contributed by atoms with E-state index < -0.39 is 0 Å². The Bertz CT molecular complexity index is 254. The minimum atomic E-state index is 0.881. The van der Waals surface area contributed by atoms with Gasteiger partial charge in [-0.2, -0.15) is 0 Å². The Morgan fingerprint density at radius 3 is 1.67 bits per heavy atom. The lowest BCUT2D eigenvalue weighted by Crippen LogP contribution is -1.93. The van der Waals surface area contributed by atoms with E-state index in [9.17, 15) is 0 Å². The fourth-order valence-electron chi connectivity index (χ4n) is 1.22. The molecule has 1 rings (SSSR count). The Morgan fingerprint density at radius 1 is 0.917 bits per heavy atom. The molecule has 0 spiro atoms. The van der Waals surface area contributed by atoms with Crippen molar-refractivity contribution in [1.82, 2.24) is 0 Å². The summed E-state index contributed by atoms with van der Waals surface area (Å²) in [5, 5.41) is 0. The Morgan fingerprint density at radius 2 is 1.33 bits per heavy atom. The first-order valence-corrected chi connectivity index (χ1v) is 3.88. The van der Waals surface area contributed by atoms with E-state index >= 15 is 0 Å². The van der Waals surface area contributed by atoms with Gasteiger partial charge in [0, 0.05) is 5.56 Å². The lowest BCUT2D eigenvalue weighted by Gasteiger charge is -2.10. The second-order valence-corrected chi connectivity index (χ2v) is 2.79. The SMILES string of the molecule is COc1cc(C)cc(OC)c1C. The normalized spacial score (nSPS) is 9.67. The molecule has 0 saturated carbocycles. The average Bonchev–Trinajstić information content (AvgIpc) is 2.08. The summed E-state index contributed by atoms with van der Waals surface area (Å²) in [5.41, 5.74) is 2.19. The summed E-state index contributed by atoms with van der Waals surface area (Å²) in [6.07, 6.45) is 0. The van der Waals surface area contributed by atoms with E-state index in [1.54, 1.807) is 14.2 Å². The van der Waals surface area contributed by atoms with Crippen LogP contribution in [0.25, 0.3) is 0 Å². The summed E-state index contributed by atoms with van der Waals surface area (Å²) in [7, 11) is 3.34. The first-order valence-electron chi connectivity index (χ1n) is 3.88. The predicted octanol–water partition coefficient (Wildman–Crippen LogP) is 2.32. The molecule has 0 saturated heterocycles. The van der Waals surface area contributed by atoms with Crippen molar-refractivity contribution in [2.24, 2.45) is 0 Å². The maximum atomic E-state index is 5.19. The third kappa shape index (κ3) is 1.52.